The Balaban J connectivity index is 1.54. The van der Waals surface area contributed by atoms with Gasteiger partial charge in [-0.05, 0) is 25.1 Å². The van der Waals surface area contributed by atoms with Crippen LogP contribution in [0.25, 0.3) is 0 Å². The molecule has 0 aliphatic carbocycles. The van der Waals surface area contributed by atoms with Gasteiger partial charge in [-0.1, -0.05) is 23.7 Å². The predicted octanol–water partition coefficient (Wildman–Crippen LogP) is 3.55. The van der Waals surface area contributed by atoms with E-state index in [4.69, 9.17) is 25.8 Å². The summed E-state index contributed by atoms with van der Waals surface area (Å²) in [6.07, 6.45) is 0. The Bertz CT molecular complexity index is 933. The van der Waals surface area contributed by atoms with E-state index in [-0.39, 0.29) is 29.6 Å². The normalized spacial score (nSPS) is 11.8. The first-order chi connectivity index (χ1) is 13.4. The van der Waals surface area contributed by atoms with Crippen molar-refractivity contribution in [1.82, 2.24) is 0 Å². The number of anilines is 1. The highest BCUT2D eigenvalue weighted by atomic mass is 35.5. The highest BCUT2D eigenvalue weighted by Gasteiger charge is 2.20. The van der Waals surface area contributed by atoms with Crippen molar-refractivity contribution in [2.24, 2.45) is 0 Å². The van der Waals surface area contributed by atoms with E-state index in [1.165, 1.54) is 30.8 Å². The highest BCUT2D eigenvalue weighted by Crippen LogP contribution is 2.37. The monoisotopic (exact) mass is 421 g/mol. The van der Waals surface area contributed by atoms with Gasteiger partial charge >= 0.3 is 5.97 Å². The fraction of sp³-hybridized carbons (Fsp3) is 0.211. The second kappa shape index (κ2) is 8.99. The second-order valence-corrected chi connectivity index (χ2v) is 7.16. The first-order valence-corrected chi connectivity index (χ1v) is 9.58. The highest BCUT2D eigenvalue weighted by molar-refractivity contribution is 8.00. The molecular formula is C19H16ClNO6S. The molecule has 9 heteroatoms. The van der Waals surface area contributed by atoms with Gasteiger partial charge in [-0.15, -0.1) is 11.8 Å². The molecule has 1 N–H and O–H groups in total. The molecule has 0 fully saturated rings. The molecule has 1 aliphatic rings. The SMILES string of the molecule is CC(=O)c1cc2c(cc1NC(=O)COC(=O)CSc1ccccc1Cl)OCO2. The van der Waals surface area contributed by atoms with Crippen molar-refractivity contribution in [1.29, 1.82) is 0 Å². The zero-order chi connectivity index (χ0) is 20.1. The van der Waals surface area contributed by atoms with Gasteiger partial charge in [-0.25, -0.2) is 0 Å². The van der Waals surface area contributed by atoms with Gasteiger partial charge in [0.15, 0.2) is 23.9 Å². The van der Waals surface area contributed by atoms with E-state index in [2.05, 4.69) is 5.32 Å². The summed E-state index contributed by atoms with van der Waals surface area (Å²) >= 11 is 7.24. The standard InChI is InChI=1S/C19H16ClNO6S/c1-11(22)12-6-15-16(27-10-26-15)7-14(12)21-18(23)8-25-19(24)9-28-17-5-3-2-4-13(17)20/h2-7H,8-10H2,1H3,(H,21,23). The third-order valence-corrected chi connectivity index (χ3v) is 5.20. The zero-order valence-electron chi connectivity index (χ0n) is 14.8. The molecule has 0 atom stereocenters. The molecule has 2 aromatic rings. The minimum atomic E-state index is -0.572. The van der Waals surface area contributed by atoms with Crippen molar-refractivity contribution in [3.05, 3.63) is 47.0 Å². The van der Waals surface area contributed by atoms with Crippen LogP contribution in [0.2, 0.25) is 5.02 Å². The van der Waals surface area contributed by atoms with E-state index in [0.717, 1.165) is 4.90 Å². The Morgan fingerprint density at radius 1 is 1.18 bits per heavy atom. The number of Topliss-reactive ketones (excluding diaryl/α,β-unsaturated/α-hetero) is 1. The van der Waals surface area contributed by atoms with Crippen molar-refractivity contribution in [2.45, 2.75) is 11.8 Å². The Labute approximate surface area is 170 Å². The number of carbonyl (C=O) groups is 3. The number of ketones is 1. The number of amides is 1. The summed E-state index contributed by atoms with van der Waals surface area (Å²) in [7, 11) is 0. The maximum Gasteiger partial charge on any atom is 0.316 e. The lowest BCUT2D eigenvalue weighted by atomic mass is 10.1. The van der Waals surface area contributed by atoms with Crippen LogP contribution < -0.4 is 14.8 Å². The van der Waals surface area contributed by atoms with Crippen LogP contribution >= 0.6 is 23.4 Å². The summed E-state index contributed by atoms with van der Waals surface area (Å²) in [6, 6.07) is 10.1. The summed E-state index contributed by atoms with van der Waals surface area (Å²) in [4.78, 5) is 36.5. The molecule has 0 spiro atoms. The minimum absolute atomic E-state index is 0.0136. The summed E-state index contributed by atoms with van der Waals surface area (Å²) in [5, 5.41) is 3.10. The Hall–Kier alpha value is -2.71. The first kappa shape index (κ1) is 20.0. The van der Waals surface area contributed by atoms with E-state index in [1.807, 2.05) is 6.07 Å². The number of hydrogen-bond acceptors (Lipinski definition) is 7. The zero-order valence-corrected chi connectivity index (χ0v) is 16.4. The topological polar surface area (TPSA) is 90.9 Å². The van der Waals surface area contributed by atoms with E-state index in [0.29, 0.717) is 16.5 Å². The molecule has 1 heterocycles. The predicted molar refractivity (Wildman–Crippen MR) is 104 cm³/mol. The lowest BCUT2D eigenvalue weighted by Crippen LogP contribution is -2.22. The number of esters is 1. The molecule has 28 heavy (non-hydrogen) atoms. The van der Waals surface area contributed by atoms with Gasteiger partial charge in [0.05, 0.1) is 16.5 Å². The van der Waals surface area contributed by atoms with E-state index >= 15 is 0 Å². The molecule has 3 rings (SSSR count). The van der Waals surface area contributed by atoms with Crippen LogP contribution in [0.4, 0.5) is 5.69 Å². The van der Waals surface area contributed by atoms with E-state index in [9.17, 15) is 14.4 Å². The fourth-order valence-corrected chi connectivity index (χ4v) is 3.45. The second-order valence-electron chi connectivity index (χ2n) is 5.74. The molecule has 0 saturated heterocycles. The Morgan fingerprint density at radius 2 is 1.89 bits per heavy atom. The number of rotatable bonds is 7. The maximum absolute atomic E-state index is 12.1. The Kier molecular flexibility index (Phi) is 6.43. The third kappa shape index (κ3) is 4.96. The van der Waals surface area contributed by atoms with Crippen LogP contribution in [-0.2, 0) is 14.3 Å². The molecule has 0 bridgehead atoms. The Morgan fingerprint density at radius 3 is 2.61 bits per heavy atom. The van der Waals surface area contributed by atoms with Gasteiger partial charge < -0.3 is 19.5 Å². The first-order valence-electron chi connectivity index (χ1n) is 8.21. The molecule has 146 valence electrons. The van der Waals surface area contributed by atoms with E-state index < -0.39 is 18.5 Å². The molecule has 1 amide bonds. The van der Waals surface area contributed by atoms with Crippen LogP contribution in [0.1, 0.15) is 17.3 Å². The van der Waals surface area contributed by atoms with Gasteiger partial charge in [-0.2, -0.15) is 0 Å². The van der Waals surface area contributed by atoms with Gasteiger partial charge in [-0.3, -0.25) is 14.4 Å². The maximum atomic E-state index is 12.1. The molecule has 7 nitrogen and oxygen atoms in total. The van der Waals surface area contributed by atoms with Gasteiger partial charge in [0.2, 0.25) is 6.79 Å². The lowest BCUT2D eigenvalue weighted by molar-refractivity contribution is -0.144. The quantitative estimate of drug-likeness (QED) is 0.415. The average Bonchev–Trinajstić information content (AvgIpc) is 3.12. The molecule has 0 saturated carbocycles. The van der Waals surface area contributed by atoms with Crippen molar-refractivity contribution >= 4 is 46.7 Å². The third-order valence-electron chi connectivity index (χ3n) is 3.71. The minimum Gasteiger partial charge on any atom is -0.455 e. The lowest BCUT2D eigenvalue weighted by Gasteiger charge is -2.11. The van der Waals surface area contributed by atoms with Gasteiger partial charge in [0.25, 0.3) is 5.91 Å². The number of halogens is 1. The van der Waals surface area contributed by atoms with Crippen molar-refractivity contribution in [3.63, 3.8) is 0 Å². The summed E-state index contributed by atoms with van der Waals surface area (Å²) in [6.45, 7) is 0.942. The van der Waals surface area contributed by atoms with Crippen LogP contribution in [0.3, 0.4) is 0 Å². The summed E-state index contributed by atoms with van der Waals surface area (Å²) < 4.78 is 15.5. The molecule has 1 aliphatic heterocycles. The number of nitrogens with one attached hydrogen (secondary N) is 1. The van der Waals surface area contributed by atoms with Crippen molar-refractivity contribution in [2.75, 3.05) is 24.5 Å². The number of benzene rings is 2. The molecular weight excluding hydrogens is 406 g/mol. The number of thioether (sulfide) groups is 1. The van der Waals surface area contributed by atoms with Gasteiger partial charge in [0.1, 0.15) is 0 Å². The van der Waals surface area contributed by atoms with Crippen LogP contribution in [0.5, 0.6) is 11.5 Å². The number of carbonyl (C=O) groups excluding carboxylic acids is 3. The van der Waals surface area contributed by atoms with Crippen molar-refractivity contribution in [3.8, 4) is 11.5 Å². The molecule has 0 aromatic heterocycles. The molecule has 2 aromatic carbocycles. The number of hydrogen-bond donors (Lipinski definition) is 1. The van der Waals surface area contributed by atoms with E-state index in [1.54, 1.807) is 18.2 Å². The van der Waals surface area contributed by atoms with Crippen molar-refractivity contribution < 1.29 is 28.6 Å². The van der Waals surface area contributed by atoms with Crippen LogP contribution in [0.15, 0.2) is 41.3 Å². The smallest absolute Gasteiger partial charge is 0.316 e. The number of fused-ring (bicyclic) bond motifs is 1. The summed E-state index contributed by atoms with van der Waals surface area (Å²) in [5.41, 5.74) is 0.543. The van der Waals surface area contributed by atoms with Gasteiger partial charge in [0, 0.05) is 16.5 Å². The van der Waals surface area contributed by atoms with Crippen LogP contribution in [0, 0.1) is 0 Å². The summed E-state index contributed by atoms with van der Waals surface area (Å²) in [5.74, 6) is -0.504. The average molecular weight is 422 g/mol. The fourth-order valence-electron chi connectivity index (χ4n) is 2.41. The molecule has 0 unspecified atom stereocenters. The molecule has 0 radical (unpaired) electrons. The number of ether oxygens (including phenoxy) is 3. The van der Waals surface area contributed by atoms with Crippen LogP contribution in [-0.4, -0.2) is 36.8 Å². The largest absolute Gasteiger partial charge is 0.455 e.